The smallest absolute Gasteiger partial charge is 0.251 e. The quantitative estimate of drug-likeness (QED) is 0.380. The highest BCUT2D eigenvalue weighted by atomic mass is 19.1. The topological polar surface area (TPSA) is 96.0 Å². The zero-order valence-electron chi connectivity index (χ0n) is 20.4. The van der Waals surface area contributed by atoms with Crippen LogP contribution < -0.4 is 10.2 Å². The van der Waals surface area contributed by atoms with Crippen LogP contribution in [0.5, 0.6) is 0 Å². The number of aromatic nitrogens is 4. The van der Waals surface area contributed by atoms with E-state index in [4.69, 9.17) is 14.7 Å². The molecule has 0 radical (unpaired) electrons. The number of nitrogens with zero attached hydrogens (tertiary/aromatic N) is 4. The lowest BCUT2D eigenvalue weighted by molar-refractivity contribution is -0.00542. The Bertz CT molecular complexity index is 1330. The van der Waals surface area contributed by atoms with E-state index in [2.05, 4.69) is 20.2 Å². The summed E-state index contributed by atoms with van der Waals surface area (Å²) in [5.41, 5.74) is 3.23. The molecule has 1 saturated heterocycles. The molecule has 5 rings (SSSR count). The first-order valence-electron chi connectivity index (χ1n) is 12.2. The second kappa shape index (κ2) is 10.4. The first-order chi connectivity index (χ1) is 17.5. The van der Waals surface area contributed by atoms with Crippen molar-refractivity contribution in [2.75, 3.05) is 24.5 Å². The summed E-state index contributed by atoms with van der Waals surface area (Å²) in [6, 6.07) is 11.6. The number of carbonyl (C=O) groups excluding carboxylic acids is 1. The van der Waals surface area contributed by atoms with E-state index in [-0.39, 0.29) is 23.9 Å². The SMILES string of the molecule is C[C@@H]1CN(c2nc3ccc(C(=O)NCCCc4ncc[nH]4)cc3nc2-c2ccc(F)cc2)C[C@H](C)O1. The molecule has 0 unspecified atom stereocenters. The summed E-state index contributed by atoms with van der Waals surface area (Å²) in [5, 5.41) is 2.96. The molecular weight excluding hydrogens is 459 g/mol. The number of aromatic amines is 1. The molecule has 4 aromatic rings. The Kier molecular flexibility index (Phi) is 6.90. The summed E-state index contributed by atoms with van der Waals surface area (Å²) in [7, 11) is 0. The van der Waals surface area contributed by atoms with Crippen LogP contribution in [0.3, 0.4) is 0 Å². The maximum atomic E-state index is 13.6. The van der Waals surface area contributed by atoms with Gasteiger partial charge in [-0.2, -0.15) is 0 Å². The lowest BCUT2D eigenvalue weighted by Gasteiger charge is -2.36. The Hall–Kier alpha value is -3.85. The van der Waals surface area contributed by atoms with Gasteiger partial charge in [-0.05, 0) is 62.7 Å². The van der Waals surface area contributed by atoms with Gasteiger partial charge in [-0.1, -0.05) is 0 Å². The van der Waals surface area contributed by atoms with Crippen molar-refractivity contribution in [1.82, 2.24) is 25.3 Å². The molecule has 1 aliphatic rings. The van der Waals surface area contributed by atoms with Crippen LogP contribution in [0.2, 0.25) is 0 Å². The zero-order chi connectivity index (χ0) is 25.1. The first kappa shape index (κ1) is 23.9. The standard InChI is InChI=1S/C27H29FN6O2/c1-17-15-34(16-18(2)36-17)26-25(19-5-8-21(28)9-6-19)32-23-14-20(7-10-22(23)33-26)27(35)31-11-3-4-24-29-12-13-30-24/h5-10,12-14,17-18H,3-4,11,15-16H2,1-2H3,(H,29,30)(H,31,35)/t17-,18+. The molecule has 2 aromatic heterocycles. The van der Waals surface area contributed by atoms with E-state index >= 15 is 0 Å². The molecule has 0 spiro atoms. The highest BCUT2D eigenvalue weighted by Gasteiger charge is 2.26. The zero-order valence-corrected chi connectivity index (χ0v) is 20.4. The van der Waals surface area contributed by atoms with Crippen molar-refractivity contribution in [1.29, 1.82) is 0 Å². The molecule has 2 N–H and O–H groups in total. The van der Waals surface area contributed by atoms with Crippen LogP contribution >= 0.6 is 0 Å². The fraction of sp³-hybridized carbons (Fsp3) is 0.333. The fourth-order valence-electron chi connectivity index (χ4n) is 4.55. The predicted octanol–water partition coefficient (Wildman–Crippen LogP) is 4.14. The molecular formula is C27H29FN6O2. The number of amides is 1. The van der Waals surface area contributed by atoms with Crippen LogP contribution in [0.25, 0.3) is 22.3 Å². The van der Waals surface area contributed by atoms with Crippen LogP contribution in [-0.4, -0.2) is 57.7 Å². The normalized spacial score (nSPS) is 17.9. The van der Waals surface area contributed by atoms with Gasteiger partial charge >= 0.3 is 0 Å². The molecule has 36 heavy (non-hydrogen) atoms. The highest BCUT2D eigenvalue weighted by molar-refractivity contribution is 5.97. The van der Waals surface area contributed by atoms with Crippen molar-refractivity contribution >= 4 is 22.8 Å². The minimum atomic E-state index is -0.311. The second-order valence-corrected chi connectivity index (χ2v) is 9.16. The first-order valence-corrected chi connectivity index (χ1v) is 12.2. The molecule has 1 aliphatic heterocycles. The second-order valence-electron chi connectivity index (χ2n) is 9.16. The molecule has 0 bridgehead atoms. The van der Waals surface area contributed by atoms with Gasteiger partial charge in [0.1, 0.15) is 17.3 Å². The molecule has 2 aromatic carbocycles. The van der Waals surface area contributed by atoms with Crippen molar-refractivity contribution in [3.63, 3.8) is 0 Å². The van der Waals surface area contributed by atoms with Crippen molar-refractivity contribution in [2.45, 2.75) is 38.9 Å². The fourth-order valence-corrected chi connectivity index (χ4v) is 4.55. The number of ether oxygens (including phenoxy) is 1. The average molecular weight is 489 g/mol. The van der Waals surface area contributed by atoms with Gasteiger partial charge in [0, 0.05) is 49.6 Å². The number of morpholine rings is 1. The average Bonchev–Trinajstić information content (AvgIpc) is 3.39. The Morgan fingerprint density at radius 3 is 2.61 bits per heavy atom. The molecule has 1 amide bonds. The van der Waals surface area contributed by atoms with Gasteiger partial charge in [-0.25, -0.2) is 19.3 Å². The number of benzene rings is 2. The Balaban J connectivity index is 1.42. The van der Waals surface area contributed by atoms with Gasteiger partial charge in [0.2, 0.25) is 0 Å². The van der Waals surface area contributed by atoms with Gasteiger partial charge < -0.3 is 19.9 Å². The molecule has 0 saturated carbocycles. The number of carbonyl (C=O) groups is 1. The third kappa shape index (κ3) is 5.36. The number of hydrogen-bond acceptors (Lipinski definition) is 6. The minimum absolute atomic E-state index is 0.0474. The van der Waals surface area contributed by atoms with Gasteiger partial charge in [-0.15, -0.1) is 0 Å². The maximum absolute atomic E-state index is 13.6. The van der Waals surface area contributed by atoms with Crippen molar-refractivity contribution in [2.24, 2.45) is 0 Å². The van der Waals surface area contributed by atoms with E-state index in [0.717, 1.165) is 30.0 Å². The van der Waals surface area contributed by atoms with Gasteiger partial charge in [-0.3, -0.25) is 4.79 Å². The van der Waals surface area contributed by atoms with Crippen LogP contribution in [0.4, 0.5) is 10.2 Å². The molecule has 9 heteroatoms. The number of fused-ring (bicyclic) bond motifs is 1. The number of imidazole rings is 1. The Morgan fingerprint density at radius 1 is 1.11 bits per heavy atom. The van der Waals surface area contributed by atoms with E-state index < -0.39 is 0 Å². The molecule has 3 heterocycles. The third-order valence-electron chi connectivity index (χ3n) is 6.18. The van der Waals surface area contributed by atoms with E-state index in [1.54, 1.807) is 36.7 Å². The lowest BCUT2D eigenvalue weighted by atomic mass is 10.1. The van der Waals surface area contributed by atoms with Gasteiger partial charge in [0.05, 0.1) is 23.2 Å². The number of anilines is 1. The molecule has 2 atom stereocenters. The number of nitrogens with one attached hydrogen (secondary N) is 2. The largest absolute Gasteiger partial charge is 0.372 e. The van der Waals surface area contributed by atoms with Crippen LogP contribution in [-0.2, 0) is 11.2 Å². The summed E-state index contributed by atoms with van der Waals surface area (Å²) in [6.45, 7) is 5.97. The highest BCUT2D eigenvalue weighted by Crippen LogP contribution is 2.32. The molecule has 1 fully saturated rings. The van der Waals surface area contributed by atoms with E-state index in [0.29, 0.717) is 41.9 Å². The lowest BCUT2D eigenvalue weighted by Crippen LogP contribution is -2.46. The summed E-state index contributed by atoms with van der Waals surface area (Å²) >= 11 is 0. The van der Waals surface area contributed by atoms with E-state index in [1.165, 1.54) is 12.1 Å². The Morgan fingerprint density at radius 2 is 1.89 bits per heavy atom. The monoisotopic (exact) mass is 488 g/mol. The van der Waals surface area contributed by atoms with Crippen LogP contribution in [0.15, 0.2) is 54.9 Å². The third-order valence-corrected chi connectivity index (χ3v) is 6.18. The Labute approximate surface area is 208 Å². The summed E-state index contributed by atoms with van der Waals surface area (Å²) in [5.74, 6) is 1.15. The van der Waals surface area contributed by atoms with Gasteiger partial charge in [0.15, 0.2) is 5.82 Å². The number of aryl methyl sites for hydroxylation is 1. The number of H-pyrrole nitrogens is 1. The molecule has 186 valence electrons. The minimum Gasteiger partial charge on any atom is -0.372 e. The summed E-state index contributed by atoms with van der Waals surface area (Å²) < 4.78 is 19.6. The molecule has 0 aliphatic carbocycles. The summed E-state index contributed by atoms with van der Waals surface area (Å²) in [4.78, 5) is 32.1. The van der Waals surface area contributed by atoms with Crippen LogP contribution in [0, 0.1) is 5.82 Å². The predicted molar refractivity (Wildman–Crippen MR) is 136 cm³/mol. The number of halogens is 1. The van der Waals surface area contributed by atoms with Crippen molar-refractivity contribution in [3.05, 3.63) is 72.1 Å². The molecule has 8 nitrogen and oxygen atoms in total. The maximum Gasteiger partial charge on any atom is 0.251 e. The van der Waals surface area contributed by atoms with Crippen LogP contribution in [0.1, 0.15) is 36.5 Å². The van der Waals surface area contributed by atoms with Gasteiger partial charge in [0.25, 0.3) is 5.91 Å². The summed E-state index contributed by atoms with van der Waals surface area (Å²) in [6.07, 6.45) is 5.14. The van der Waals surface area contributed by atoms with Crippen molar-refractivity contribution in [3.8, 4) is 11.3 Å². The van der Waals surface area contributed by atoms with Crippen molar-refractivity contribution < 1.29 is 13.9 Å². The number of rotatable bonds is 7. The van der Waals surface area contributed by atoms with E-state index in [1.807, 2.05) is 19.9 Å². The van der Waals surface area contributed by atoms with E-state index in [9.17, 15) is 9.18 Å². The number of hydrogen-bond donors (Lipinski definition) is 2.